The van der Waals surface area contributed by atoms with Crippen LogP contribution < -0.4 is 0 Å². The Balaban J connectivity index is 3.75. The van der Waals surface area contributed by atoms with E-state index in [1.807, 2.05) is 0 Å². The molecule has 0 saturated heterocycles. The smallest absolute Gasteiger partial charge is 0.417 e. The quantitative estimate of drug-likeness (QED) is 0.329. The fourth-order valence-corrected chi connectivity index (χ4v) is 1.90. The van der Waals surface area contributed by atoms with Crippen molar-refractivity contribution in [1.29, 1.82) is 0 Å². The average molecular weight is 286 g/mol. The zero-order valence-electron chi connectivity index (χ0n) is 13.3. The van der Waals surface area contributed by atoms with Gasteiger partial charge in [0.2, 0.25) is 0 Å². The predicted octanol–water partition coefficient (Wildman–Crippen LogP) is 3.87. The van der Waals surface area contributed by atoms with Crippen LogP contribution in [0.2, 0.25) is 0 Å². The number of ether oxygens (including phenoxy) is 2. The van der Waals surface area contributed by atoms with Crippen LogP contribution in [0.15, 0.2) is 0 Å². The Morgan fingerprint density at radius 2 is 1.50 bits per heavy atom. The SMILES string of the molecule is CCCCCCOC(=O)C(=O)OCC(CC)CCCC. The van der Waals surface area contributed by atoms with Gasteiger partial charge in [-0.15, -0.1) is 0 Å². The normalized spacial score (nSPS) is 11.9. The predicted molar refractivity (Wildman–Crippen MR) is 79.4 cm³/mol. The highest BCUT2D eigenvalue weighted by Gasteiger charge is 2.18. The van der Waals surface area contributed by atoms with Crippen molar-refractivity contribution in [2.75, 3.05) is 13.2 Å². The molecule has 0 radical (unpaired) electrons. The molecule has 1 unspecified atom stereocenters. The van der Waals surface area contributed by atoms with Gasteiger partial charge in [0.15, 0.2) is 0 Å². The number of carbonyl (C=O) groups excluding carboxylic acids is 2. The molecule has 0 fully saturated rings. The summed E-state index contributed by atoms with van der Waals surface area (Å²) in [6.07, 6.45) is 8.33. The van der Waals surface area contributed by atoms with Crippen LogP contribution in [-0.2, 0) is 19.1 Å². The molecule has 0 aromatic heterocycles. The van der Waals surface area contributed by atoms with Crippen LogP contribution >= 0.6 is 0 Å². The fourth-order valence-electron chi connectivity index (χ4n) is 1.90. The van der Waals surface area contributed by atoms with E-state index in [2.05, 4.69) is 20.8 Å². The molecule has 20 heavy (non-hydrogen) atoms. The Morgan fingerprint density at radius 1 is 0.850 bits per heavy atom. The molecular formula is C16H30O4. The molecule has 4 heteroatoms. The van der Waals surface area contributed by atoms with Crippen molar-refractivity contribution in [3.8, 4) is 0 Å². The van der Waals surface area contributed by atoms with Gasteiger partial charge in [0.05, 0.1) is 13.2 Å². The summed E-state index contributed by atoms with van der Waals surface area (Å²) in [4.78, 5) is 22.9. The lowest BCUT2D eigenvalue weighted by atomic mass is 10.0. The molecule has 0 heterocycles. The van der Waals surface area contributed by atoms with Crippen molar-refractivity contribution in [1.82, 2.24) is 0 Å². The van der Waals surface area contributed by atoms with Crippen LogP contribution in [0.5, 0.6) is 0 Å². The van der Waals surface area contributed by atoms with E-state index in [1.54, 1.807) is 0 Å². The minimum absolute atomic E-state index is 0.307. The molecule has 0 aliphatic heterocycles. The first kappa shape index (κ1) is 18.9. The highest BCUT2D eigenvalue weighted by molar-refractivity contribution is 6.29. The van der Waals surface area contributed by atoms with Gasteiger partial charge in [0.1, 0.15) is 0 Å². The molecule has 4 nitrogen and oxygen atoms in total. The first-order chi connectivity index (χ1) is 9.65. The zero-order chi connectivity index (χ0) is 15.2. The molecule has 0 aromatic rings. The maximum absolute atomic E-state index is 11.5. The zero-order valence-corrected chi connectivity index (χ0v) is 13.3. The van der Waals surface area contributed by atoms with E-state index in [1.165, 1.54) is 0 Å². The fraction of sp³-hybridized carbons (Fsp3) is 0.875. The summed E-state index contributed by atoms with van der Waals surface area (Å²) in [5.41, 5.74) is 0. The van der Waals surface area contributed by atoms with E-state index in [4.69, 9.17) is 9.47 Å². The Morgan fingerprint density at radius 3 is 2.10 bits per heavy atom. The standard InChI is InChI=1S/C16H30O4/c1-4-7-9-10-12-19-15(17)16(18)20-13-14(6-3)11-8-5-2/h14H,4-13H2,1-3H3. The molecule has 0 N–H and O–H groups in total. The second-order valence-corrected chi connectivity index (χ2v) is 5.21. The van der Waals surface area contributed by atoms with Crippen LogP contribution in [0.1, 0.15) is 72.1 Å². The maximum Gasteiger partial charge on any atom is 0.417 e. The first-order valence-corrected chi connectivity index (χ1v) is 7.99. The minimum Gasteiger partial charge on any atom is -0.457 e. The molecule has 0 aliphatic carbocycles. The van der Waals surface area contributed by atoms with Gasteiger partial charge in [-0.3, -0.25) is 0 Å². The van der Waals surface area contributed by atoms with Crippen molar-refractivity contribution < 1.29 is 19.1 Å². The second-order valence-electron chi connectivity index (χ2n) is 5.21. The lowest BCUT2D eigenvalue weighted by Gasteiger charge is -2.14. The summed E-state index contributed by atoms with van der Waals surface area (Å²) in [6.45, 7) is 6.95. The summed E-state index contributed by atoms with van der Waals surface area (Å²) in [5, 5.41) is 0. The Hall–Kier alpha value is -1.06. The van der Waals surface area contributed by atoms with Gasteiger partial charge < -0.3 is 9.47 Å². The summed E-state index contributed by atoms with van der Waals surface area (Å²) >= 11 is 0. The lowest BCUT2D eigenvalue weighted by Crippen LogP contribution is -2.23. The third-order valence-electron chi connectivity index (χ3n) is 3.39. The number of rotatable bonds is 11. The largest absolute Gasteiger partial charge is 0.457 e. The van der Waals surface area contributed by atoms with E-state index >= 15 is 0 Å². The Labute approximate surface area is 123 Å². The molecule has 118 valence electrons. The molecule has 1 atom stereocenters. The Kier molecular flexibility index (Phi) is 12.3. The van der Waals surface area contributed by atoms with Gasteiger partial charge in [-0.2, -0.15) is 0 Å². The van der Waals surface area contributed by atoms with Crippen molar-refractivity contribution in [3.63, 3.8) is 0 Å². The van der Waals surface area contributed by atoms with Crippen molar-refractivity contribution in [2.45, 2.75) is 72.1 Å². The summed E-state index contributed by atoms with van der Waals surface area (Å²) in [7, 11) is 0. The number of hydrogen-bond acceptors (Lipinski definition) is 4. The second kappa shape index (κ2) is 12.9. The minimum atomic E-state index is -0.855. The van der Waals surface area contributed by atoms with Gasteiger partial charge in [-0.05, 0) is 18.8 Å². The number of unbranched alkanes of at least 4 members (excludes halogenated alkanes) is 4. The van der Waals surface area contributed by atoms with Crippen LogP contribution in [0, 0.1) is 5.92 Å². The third-order valence-corrected chi connectivity index (χ3v) is 3.39. The van der Waals surface area contributed by atoms with E-state index in [9.17, 15) is 9.59 Å². The lowest BCUT2D eigenvalue weighted by molar-refractivity contribution is -0.168. The molecule has 0 saturated carbocycles. The van der Waals surface area contributed by atoms with Crippen molar-refractivity contribution in [2.24, 2.45) is 5.92 Å². The van der Waals surface area contributed by atoms with Gasteiger partial charge in [-0.25, -0.2) is 9.59 Å². The topological polar surface area (TPSA) is 52.6 Å². The molecule has 0 spiro atoms. The monoisotopic (exact) mass is 286 g/mol. The van der Waals surface area contributed by atoms with Crippen LogP contribution in [0.4, 0.5) is 0 Å². The van der Waals surface area contributed by atoms with Crippen molar-refractivity contribution >= 4 is 11.9 Å². The summed E-state index contributed by atoms with van der Waals surface area (Å²) in [6, 6.07) is 0. The highest BCUT2D eigenvalue weighted by atomic mass is 16.6. The van der Waals surface area contributed by atoms with E-state index in [0.29, 0.717) is 19.1 Å². The number of esters is 2. The van der Waals surface area contributed by atoms with Crippen LogP contribution in [0.25, 0.3) is 0 Å². The number of carbonyl (C=O) groups is 2. The van der Waals surface area contributed by atoms with E-state index < -0.39 is 11.9 Å². The average Bonchev–Trinajstić information content (AvgIpc) is 2.46. The van der Waals surface area contributed by atoms with E-state index in [0.717, 1.165) is 51.4 Å². The molecule has 0 amide bonds. The van der Waals surface area contributed by atoms with Gasteiger partial charge in [0, 0.05) is 0 Å². The highest BCUT2D eigenvalue weighted by Crippen LogP contribution is 2.13. The van der Waals surface area contributed by atoms with Gasteiger partial charge >= 0.3 is 11.9 Å². The maximum atomic E-state index is 11.5. The number of hydrogen-bond donors (Lipinski definition) is 0. The van der Waals surface area contributed by atoms with Crippen LogP contribution in [0.3, 0.4) is 0 Å². The summed E-state index contributed by atoms with van der Waals surface area (Å²) in [5.74, 6) is -1.36. The summed E-state index contributed by atoms with van der Waals surface area (Å²) < 4.78 is 9.90. The Bertz CT molecular complexity index is 263. The van der Waals surface area contributed by atoms with E-state index in [-0.39, 0.29) is 0 Å². The first-order valence-electron chi connectivity index (χ1n) is 7.99. The molecule has 0 bridgehead atoms. The molecule has 0 rings (SSSR count). The van der Waals surface area contributed by atoms with Gasteiger partial charge in [0.25, 0.3) is 0 Å². The third kappa shape index (κ3) is 9.82. The van der Waals surface area contributed by atoms with Gasteiger partial charge in [-0.1, -0.05) is 59.3 Å². The van der Waals surface area contributed by atoms with Crippen molar-refractivity contribution in [3.05, 3.63) is 0 Å². The molecular weight excluding hydrogens is 256 g/mol. The molecule has 0 aliphatic rings. The van der Waals surface area contributed by atoms with Crippen LogP contribution in [-0.4, -0.2) is 25.2 Å². The molecule has 0 aromatic carbocycles.